The second-order valence-electron chi connectivity index (χ2n) is 1.28. The Bertz CT molecular complexity index is 140. The first-order valence-electron chi connectivity index (χ1n) is 2.05. The van der Waals surface area contributed by atoms with E-state index in [9.17, 15) is 0 Å². The van der Waals surface area contributed by atoms with Crippen molar-refractivity contribution in [2.75, 3.05) is 5.73 Å². The Hall–Kier alpha value is -0.0500. The third-order valence-electron chi connectivity index (χ3n) is 0.706. The minimum atomic E-state index is 0. The van der Waals surface area contributed by atoms with Crippen LogP contribution in [0.2, 0.25) is 0 Å². The molecule has 38 valence electrons. The van der Waals surface area contributed by atoms with Gasteiger partial charge >= 0.3 is 29.6 Å². The van der Waals surface area contributed by atoms with E-state index in [1.807, 2.05) is 0 Å². The predicted molar refractivity (Wildman–Crippen MR) is 35.8 cm³/mol. The van der Waals surface area contributed by atoms with Crippen molar-refractivity contribution in [2.45, 2.75) is 0 Å². The molecule has 0 unspecified atom stereocenters. The Balaban J connectivity index is 0.000000490. The van der Waals surface area contributed by atoms with Crippen molar-refractivity contribution in [2.24, 2.45) is 0 Å². The molecule has 3 heteroatoms. The van der Waals surface area contributed by atoms with E-state index < -0.39 is 0 Å². The van der Waals surface area contributed by atoms with Crippen LogP contribution < -0.4 is 5.73 Å². The summed E-state index contributed by atoms with van der Waals surface area (Å²) in [7, 11) is 0. The molecule has 0 aromatic carbocycles. The molecule has 2 N–H and O–H groups in total. The zero-order valence-corrected chi connectivity index (χ0v) is 3.83. The molecule has 0 radical (unpaired) electrons. The van der Waals surface area contributed by atoms with Crippen LogP contribution in [0.4, 0.5) is 5.69 Å². The molecule has 1 rings (SSSR count). The van der Waals surface area contributed by atoms with Gasteiger partial charge in [-0.3, -0.25) is 4.98 Å². The molecular formula is C5H7N2Na. The number of rotatable bonds is 0. The van der Waals surface area contributed by atoms with Gasteiger partial charge in [0.2, 0.25) is 0 Å². The zero-order chi connectivity index (χ0) is 5.11. The van der Waals surface area contributed by atoms with Crippen LogP contribution >= 0.6 is 0 Å². The molecule has 1 heterocycles. The van der Waals surface area contributed by atoms with E-state index in [1.54, 1.807) is 24.5 Å². The van der Waals surface area contributed by atoms with E-state index in [2.05, 4.69) is 4.98 Å². The molecule has 0 spiro atoms. The summed E-state index contributed by atoms with van der Waals surface area (Å²) in [6.07, 6.45) is 3.32. The van der Waals surface area contributed by atoms with Gasteiger partial charge in [-0.15, -0.1) is 0 Å². The van der Waals surface area contributed by atoms with Crippen LogP contribution in [0.1, 0.15) is 0 Å². The normalized spacial score (nSPS) is 7.50. The van der Waals surface area contributed by atoms with Gasteiger partial charge < -0.3 is 5.73 Å². The zero-order valence-electron chi connectivity index (χ0n) is 3.83. The number of hydrogen-bond acceptors (Lipinski definition) is 2. The number of nitrogen functional groups attached to an aromatic ring is 1. The standard InChI is InChI=1S/C5H6N2.Na.H/c6-5-1-3-7-4-2-5;;/h1-4H,(H2,6,7);;. The van der Waals surface area contributed by atoms with Crippen LogP contribution in [-0.2, 0) is 0 Å². The van der Waals surface area contributed by atoms with Gasteiger partial charge in [0.1, 0.15) is 0 Å². The van der Waals surface area contributed by atoms with Gasteiger partial charge in [-0.25, -0.2) is 0 Å². The molecule has 0 bridgehead atoms. The van der Waals surface area contributed by atoms with Gasteiger partial charge in [-0.05, 0) is 12.1 Å². The van der Waals surface area contributed by atoms with Gasteiger partial charge in [0.15, 0.2) is 0 Å². The van der Waals surface area contributed by atoms with Crippen molar-refractivity contribution < 1.29 is 0 Å². The van der Waals surface area contributed by atoms with Crippen LogP contribution in [0.5, 0.6) is 0 Å². The molecule has 8 heavy (non-hydrogen) atoms. The molecule has 0 aliphatic heterocycles. The second-order valence-corrected chi connectivity index (χ2v) is 1.28. The fourth-order valence-electron chi connectivity index (χ4n) is 0.363. The fraction of sp³-hybridized carbons (Fsp3) is 0. The topological polar surface area (TPSA) is 38.9 Å². The number of aromatic nitrogens is 1. The Kier molecular flexibility index (Phi) is 3.87. The third kappa shape index (κ3) is 2.31. The van der Waals surface area contributed by atoms with E-state index in [1.165, 1.54) is 0 Å². The molecular weight excluding hydrogens is 111 g/mol. The third-order valence-corrected chi connectivity index (χ3v) is 0.706. The van der Waals surface area contributed by atoms with Crippen LogP contribution in [0.15, 0.2) is 24.5 Å². The van der Waals surface area contributed by atoms with Crippen LogP contribution in [-0.4, -0.2) is 34.5 Å². The SMILES string of the molecule is Nc1ccncc1.[NaH]. The van der Waals surface area contributed by atoms with E-state index >= 15 is 0 Å². The molecule has 0 saturated carbocycles. The van der Waals surface area contributed by atoms with Crippen molar-refractivity contribution in [3.05, 3.63) is 24.5 Å². The Labute approximate surface area is 70.4 Å². The number of pyridine rings is 1. The van der Waals surface area contributed by atoms with Gasteiger partial charge in [0.05, 0.1) is 0 Å². The van der Waals surface area contributed by atoms with Crippen molar-refractivity contribution >= 4 is 35.2 Å². The Morgan fingerprint density at radius 3 is 2.00 bits per heavy atom. The molecule has 1 aromatic heterocycles. The average molecular weight is 118 g/mol. The number of anilines is 1. The van der Waals surface area contributed by atoms with E-state index in [0.717, 1.165) is 5.69 Å². The number of hydrogen-bond donors (Lipinski definition) is 1. The van der Waals surface area contributed by atoms with Gasteiger partial charge in [0.25, 0.3) is 0 Å². The molecule has 0 saturated heterocycles. The summed E-state index contributed by atoms with van der Waals surface area (Å²) >= 11 is 0. The van der Waals surface area contributed by atoms with E-state index in [4.69, 9.17) is 5.73 Å². The fourth-order valence-corrected chi connectivity index (χ4v) is 0.363. The minimum absolute atomic E-state index is 0. The maximum absolute atomic E-state index is 5.32. The number of nitrogens with zero attached hydrogens (tertiary/aromatic N) is 1. The summed E-state index contributed by atoms with van der Waals surface area (Å²) in [5.41, 5.74) is 6.08. The molecule has 0 amide bonds. The first-order valence-corrected chi connectivity index (χ1v) is 2.05. The quantitative estimate of drug-likeness (QED) is 0.487. The molecule has 1 aromatic rings. The van der Waals surface area contributed by atoms with E-state index in [-0.39, 0.29) is 29.6 Å². The first-order chi connectivity index (χ1) is 3.39. The number of nitrogens with two attached hydrogens (primary N) is 1. The maximum atomic E-state index is 5.32. The Morgan fingerprint density at radius 2 is 1.75 bits per heavy atom. The molecule has 0 aliphatic carbocycles. The molecule has 2 nitrogen and oxygen atoms in total. The predicted octanol–water partition coefficient (Wildman–Crippen LogP) is 0.0153. The van der Waals surface area contributed by atoms with Gasteiger partial charge in [-0.2, -0.15) is 0 Å². The molecule has 0 fully saturated rings. The summed E-state index contributed by atoms with van der Waals surface area (Å²) in [4.78, 5) is 3.77. The molecule has 0 atom stereocenters. The summed E-state index contributed by atoms with van der Waals surface area (Å²) in [6, 6.07) is 3.50. The van der Waals surface area contributed by atoms with Crippen molar-refractivity contribution in [3.8, 4) is 0 Å². The first kappa shape index (κ1) is 7.95. The average Bonchev–Trinajstić information content (AvgIpc) is 1.69. The summed E-state index contributed by atoms with van der Waals surface area (Å²) in [5.74, 6) is 0. The van der Waals surface area contributed by atoms with Crippen LogP contribution in [0.3, 0.4) is 0 Å². The van der Waals surface area contributed by atoms with E-state index in [0.29, 0.717) is 0 Å². The van der Waals surface area contributed by atoms with Crippen LogP contribution in [0, 0.1) is 0 Å². The van der Waals surface area contributed by atoms with Crippen molar-refractivity contribution in [1.29, 1.82) is 0 Å². The van der Waals surface area contributed by atoms with Crippen molar-refractivity contribution in [3.63, 3.8) is 0 Å². The van der Waals surface area contributed by atoms with Gasteiger partial charge in [0, 0.05) is 18.1 Å². The monoisotopic (exact) mass is 118 g/mol. The molecule has 0 aliphatic rings. The van der Waals surface area contributed by atoms with Crippen molar-refractivity contribution in [1.82, 2.24) is 4.98 Å². The second kappa shape index (κ2) is 3.89. The van der Waals surface area contributed by atoms with Gasteiger partial charge in [-0.1, -0.05) is 0 Å². The summed E-state index contributed by atoms with van der Waals surface area (Å²) in [5, 5.41) is 0. The summed E-state index contributed by atoms with van der Waals surface area (Å²) in [6.45, 7) is 0. The Morgan fingerprint density at radius 1 is 1.25 bits per heavy atom. The van der Waals surface area contributed by atoms with Crippen LogP contribution in [0.25, 0.3) is 0 Å². The summed E-state index contributed by atoms with van der Waals surface area (Å²) < 4.78 is 0.